The van der Waals surface area contributed by atoms with Gasteiger partial charge in [0, 0.05) is 7.05 Å². The Labute approximate surface area is 96.9 Å². The van der Waals surface area contributed by atoms with E-state index in [-0.39, 0.29) is 0 Å². The number of nitrogen functional groups attached to an aromatic ring is 1. The molecule has 3 aromatic rings. The van der Waals surface area contributed by atoms with Crippen LogP contribution in [0.3, 0.4) is 0 Å². The smallest absolute Gasteiger partial charge is 0.190 e. The Kier molecular flexibility index (Phi) is 1.88. The van der Waals surface area contributed by atoms with Gasteiger partial charge in [-0.1, -0.05) is 0 Å². The summed E-state index contributed by atoms with van der Waals surface area (Å²) in [5.74, 6) is 1.15. The molecule has 0 aliphatic rings. The molecule has 17 heavy (non-hydrogen) atoms. The molecule has 0 bridgehead atoms. The second kappa shape index (κ2) is 3.27. The number of aromatic nitrogens is 6. The molecule has 0 spiro atoms. The van der Waals surface area contributed by atoms with Gasteiger partial charge in [0.25, 0.3) is 0 Å². The second-order valence-electron chi connectivity index (χ2n) is 3.84. The molecule has 2 N–H and O–H groups in total. The first-order chi connectivity index (χ1) is 8.16. The van der Waals surface area contributed by atoms with Crippen molar-refractivity contribution in [1.82, 2.24) is 29.6 Å². The lowest BCUT2D eigenvalue weighted by Gasteiger charge is -1.99. The van der Waals surface area contributed by atoms with Crippen LogP contribution < -0.4 is 5.73 Å². The van der Waals surface area contributed by atoms with Gasteiger partial charge in [-0.25, -0.2) is 0 Å². The van der Waals surface area contributed by atoms with Gasteiger partial charge in [0.1, 0.15) is 5.82 Å². The normalized spacial score (nSPS) is 11.2. The lowest BCUT2D eigenvalue weighted by Crippen LogP contribution is -2.01. The monoisotopic (exact) mass is 229 g/mol. The first-order valence-electron chi connectivity index (χ1n) is 5.14. The Bertz CT molecular complexity index is 694. The summed E-state index contributed by atoms with van der Waals surface area (Å²) >= 11 is 0. The van der Waals surface area contributed by atoms with Crippen LogP contribution in [0, 0.1) is 6.92 Å². The highest BCUT2D eigenvalue weighted by Crippen LogP contribution is 2.22. The average Bonchev–Trinajstić information content (AvgIpc) is 2.84. The third-order valence-electron chi connectivity index (χ3n) is 2.62. The van der Waals surface area contributed by atoms with Crippen molar-refractivity contribution in [3.63, 3.8) is 0 Å². The van der Waals surface area contributed by atoms with Crippen LogP contribution in [-0.4, -0.2) is 29.6 Å². The van der Waals surface area contributed by atoms with E-state index in [1.807, 2.05) is 19.1 Å². The number of fused-ring (bicyclic) bond motifs is 1. The molecule has 0 aliphatic carbocycles. The van der Waals surface area contributed by atoms with Gasteiger partial charge < -0.3 is 5.73 Å². The van der Waals surface area contributed by atoms with Crippen LogP contribution >= 0.6 is 0 Å². The molecule has 0 aliphatic heterocycles. The van der Waals surface area contributed by atoms with Crippen LogP contribution in [-0.2, 0) is 7.05 Å². The number of hydrogen-bond donors (Lipinski definition) is 1. The van der Waals surface area contributed by atoms with Crippen molar-refractivity contribution in [2.75, 3.05) is 5.73 Å². The summed E-state index contributed by atoms with van der Waals surface area (Å²) in [7, 11) is 1.78. The minimum atomic E-state index is 0.544. The standard InChI is InChI=1S/C10H11N7/c1-6-3-4-8-13-14-10(17(8)15-6)7-5-12-16(2)9(7)11/h3-5H,11H2,1-2H3. The van der Waals surface area contributed by atoms with E-state index in [0.29, 0.717) is 17.3 Å². The summed E-state index contributed by atoms with van der Waals surface area (Å²) in [4.78, 5) is 0. The topological polar surface area (TPSA) is 86.9 Å². The van der Waals surface area contributed by atoms with Crippen molar-refractivity contribution < 1.29 is 0 Å². The zero-order valence-electron chi connectivity index (χ0n) is 9.49. The van der Waals surface area contributed by atoms with Crippen LogP contribution in [0.25, 0.3) is 17.0 Å². The molecule has 0 atom stereocenters. The van der Waals surface area contributed by atoms with Crippen molar-refractivity contribution in [3.05, 3.63) is 24.0 Å². The molecular weight excluding hydrogens is 218 g/mol. The first kappa shape index (κ1) is 9.76. The van der Waals surface area contributed by atoms with E-state index in [1.165, 1.54) is 0 Å². The Balaban J connectivity index is 2.31. The fourth-order valence-corrected chi connectivity index (χ4v) is 1.67. The van der Waals surface area contributed by atoms with E-state index in [2.05, 4.69) is 20.4 Å². The third kappa shape index (κ3) is 1.36. The van der Waals surface area contributed by atoms with E-state index in [4.69, 9.17) is 5.73 Å². The first-order valence-corrected chi connectivity index (χ1v) is 5.14. The van der Waals surface area contributed by atoms with Crippen molar-refractivity contribution in [1.29, 1.82) is 0 Å². The van der Waals surface area contributed by atoms with E-state index in [1.54, 1.807) is 22.4 Å². The van der Waals surface area contributed by atoms with Gasteiger partial charge in [0.2, 0.25) is 0 Å². The SMILES string of the molecule is Cc1ccc2nnc(-c3cnn(C)c3N)n2n1. The number of hydrogen-bond acceptors (Lipinski definition) is 5. The molecule has 0 saturated carbocycles. The van der Waals surface area contributed by atoms with Crippen LogP contribution in [0.4, 0.5) is 5.82 Å². The maximum Gasteiger partial charge on any atom is 0.190 e. The lowest BCUT2D eigenvalue weighted by atomic mass is 10.3. The second-order valence-corrected chi connectivity index (χ2v) is 3.84. The zero-order valence-corrected chi connectivity index (χ0v) is 9.49. The minimum absolute atomic E-state index is 0.544. The maximum atomic E-state index is 5.91. The molecule has 7 heteroatoms. The van der Waals surface area contributed by atoms with E-state index in [9.17, 15) is 0 Å². The summed E-state index contributed by atoms with van der Waals surface area (Å²) in [5, 5.41) is 16.6. The molecule has 0 fully saturated rings. The summed E-state index contributed by atoms with van der Waals surface area (Å²) in [6, 6.07) is 3.76. The average molecular weight is 229 g/mol. The zero-order chi connectivity index (χ0) is 12.0. The molecule has 0 aromatic carbocycles. The third-order valence-corrected chi connectivity index (χ3v) is 2.62. The predicted molar refractivity (Wildman–Crippen MR) is 62.1 cm³/mol. The number of anilines is 1. The lowest BCUT2D eigenvalue weighted by molar-refractivity contribution is 0.779. The summed E-state index contributed by atoms with van der Waals surface area (Å²) < 4.78 is 3.26. The van der Waals surface area contributed by atoms with Crippen molar-refractivity contribution in [3.8, 4) is 11.4 Å². The Hall–Kier alpha value is -2.44. The number of aryl methyl sites for hydroxylation is 2. The molecule has 3 heterocycles. The van der Waals surface area contributed by atoms with Crippen LogP contribution in [0.2, 0.25) is 0 Å². The molecule has 86 valence electrons. The molecule has 0 saturated heterocycles. The molecule has 3 aromatic heterocycles. The van der Waals surface area contributed by atoms with E-state index >= 15 is 0 Å². The summed E-state index contributed by atoms with van der Waals surface area (Å²) in [6.45, 7) is 1.91. The fraction of sp³-hybridized carbons (Fsp3) is 0.200. The Morgan fingerprint density at radius 2 is 2.06 bits per heavy atom. The van der Waals surface area contributed by atoms with Crippen molar-refractivity contribution in [2.45, 2.75) is 6.92 Å². The van der Waals surface area contributed by atoms with E-state index in [0.717, 1.165) is 11.3 Å². The largest absolute Gasteiger partial charge is 0.383 e. The van der Waals surface area contributed by atoms with Crippen LogP contribution in [0.5, 0.6) is 0 Å². The number of nitrogens with two attached hydrogens (primary N) is 1. The van der Waals surface area contributed by atoms with Crippen LogP contribution in [0.15, 0.2) is 18.3 Å². The molecule has 3 rings (SSSR count). The van der Waals surface area contributed by atoms with Gasteiger partial charge in [0.15, 0.2) is 11.5 Å². The summed E-state index contributed by atoms with van der Waals surface area (Å²) in [5.41, 5.74) is 8.23. The highest BCUT2D eigenvalue weighted by molar-refractivity contribution is 5.69. The molecular formula is C10H11N7. The van der Waals surface area contributed by atoms with Gasteiger partial charge in [-0.3, -0.25) is 4.68 Å². The number of rotatable bonds is 1. The van der Waals surface area contributed by atoms with Gasteiger partial charge in [-0.2, -0.15) is 14.7 Å². The highest BCUT2D eigenvalue weighted by atomic mass is 15.4. The van der Waals surface area contributed by atoms with Crippen molar-refractivity contribution >= 4 is 11.5 Å². The molecule has 0 radical (unpaired) electrons. The molecule has 0 unspecified atom stereocenters. The van der Waals surface area contributed by atoms with E-state index < -0.39 is 0 Å². The summed E-state index contributed by atoms with van der Waals surface area (Å²) in [6.07, 6.45) is 1.66. The number of nitrogens with zero attached hydrogens (tertiary/aromatic N) is 6. The van der Waals surface area contributed by atoms with Gasteiger partial charge in [0.05, 0.1) is 17.5 Å². The predicted octanol–water partition coefficient (Wildman–Crippen LogP) is 0.415. The quantitative estimate of drug-likeness (QED) is 0.653. The highest BCUT2D eigenvalue weighted by Gasteiger charge is 2.14. The van der Waals surface area contributed by atoms with Gasteiger partial charge in [-0.15, -0.1) is 10.2 Å². The minimum Gasteiger partial charge on any atom is -0.383 e. The van der Waals surface area contributed by atoms with Crippen LogP contribution in [0.1, 0.15) is 5.69 Å². The molecule has 0 amide bonds. The van der Waals surface area contributed by atoms with Gasteiger partial charge in [-0.05, 0) is 19.1 Å². The Morgan fingerprint density at radius 1 is 1.24 bits per heavy atom. The fourth-order valence-electron chi connectivity index (χ4n) is 1.67. The Morgan fingerprint density at radius 3 is 2.76 bits per heavy atom. The van der Waals surface area contributed by atoms with Crippen molar-refractivity contribution in [2.24, 2.45) is 7.05 Å². The van der Waals surface area contributed by atoms with Gasteiger partial charge >= 0.3 is 0 Å². The maximum absolute atomic E-state index is 5.91. The molecule has 7 nitrogen and oxygen atoms in total.